The van der Waals surface area contributed by atoms with Crippen LogP contribution in [0.3, 0.4) is 0 Å². The Morgan fingerprint density at radius 2 is 2.06 bits per heavy atom. The zero-order chi connectivity index (χ0) is 13.3. The molecule has 0 fully saturated rings. The van der Waals surface area contributed by atoms with Gasteiger partial charge in [0.1, 0.15) is 5.82 Å². The van der Waals surface area contributed by atoms with Crippen molar-refractivity contribution in [3.05, 3.63) is 41.3 Å². The normalized spacial score (nSPS) is 10.3. The summed E-state index contributed by atoms with van der Waals surface area (Å²) < 4.78 is 13.1. The molecule has 2 aromatic rings. The first kappa shape index (κ1) is 12.0. The summed E-state index contributed by atoms with van der Waals surface area (Å²) in [7, 11) is 0. The Balaban J connectivity index is 2.56. The van der Waals surface area contributed by atoms with Crippen molar-refractivity contribution < 1.29 is 14.3 Å². The second-order valence-electron chi connectivity index (χ2n) is 3.77. The SMILES string of the molecule is Cc1cc(-c2cc(C(=O)O)nc(N)n2)ccc1F. The number of nitrogens with two attached hydrogens (primary N) is 1. The summed E-state index contributed by atoms with van der Waals surface area (Å²) in [6.45, 7) is 1.61. The van der Waals surface area contributed by atoms with Crippen LogP contribution in [0.4, 0.5) is 10.3 Å². The molecule has 6 heteroatoms. The number of nitrogen functional groups attached to an aromatic ring is 1. The van der Waals surface area contributed by atoms with E-state index in [4.69, 9.17) is 10.8 Å². The van der Waals surface area contributed by atoms with Crippen molar-refractivity contribution in [2.24, 2.45) is 0 Å². The Morgan fingerprint density at radius 1 is 1.33 bits per heavy atom. The highest BCUT2D eigenvalue weighted by atomic mass is 19.1. The van der Waals surface area contributed by atoms with E-state index in [9.17, 15) is 9.18 Å². The molecule has 0 saturated heterocycles. The summed E-state index contributed by atoms with van der Waals surface area (Å²) in [6, 6.07) is 5.67. The van der Waals surface area contributed by atoms with Gasteiger partial charge in [0.05, 0.1) is 5.69 Å². The second kappa shape index (κ2) is 4.40. The van der Waals surface area contributed by atoms with Crippen LogP contribution in [0, 0.1) is 12.7 Å². The van der Waals surface area contributed by atoms with Gasteiger partial charge >= 0.3 is 5.97 Å². The summed E-state index contributed by atoms with van der Waals surface area (Å²) in [5.74, 6) is -1.66. The minimum absolute atomic E-state index is 0.133. The number of aromatic nitrogens is 2. The van der Waals surface area contributed by atoms with Crippen LogP contribution in [0.15, 0.2) is 24.3 Å². The Bertz CT molecular complexity index is 629. The van der Waals surface area contributed by atoms with Crippen molar-refractivity contribution in [2.75, 3.05) is 5.73 Å². The van der Waals surface area contributed by atoms with Gasteiger partial charge in [-0.3, -0.25) is 0 Å². The van der Waals surface area contributed by atoms with Gasteiger partial charge in [-0.1, -0.05) is 0 Å². The predicted octanol–water partition coefficient (Wildman–Crippen LogP) is 1.87. The van der Waals surface area contributed by atoms with Crippen LogP contribution in [0.2, 0.25) is 0 Å². The Hall–Kier alpha value is -2.50. The quantitative estimate of drug-likeness (QED) is 0.845. The van der Waals surface area contributed by atoms with Crippen molar-refractivity contribution in [1.29, 1.82) is 0 Å². The molecular formula is C12H10FN3O2. The topological polar surface area (TPSA) is 89.1 Å². The van der Waals surface area contributed by atoms with E-state index in [1.165, 1.54) is 18.2 Å². The number of carboxylic acids is 1. The molecule has 0 aliphatic heterocycles. The number of aryl methyl sites for hydroxylation is 1. The minimum atomic E-state index is -1.19. The standard InChI is InChI=1S/C12H10FN3O2/c1-6-4-7(2-3-8(6)13)9-5-10(11(17)18)16-12(14)15-9/h2-5H,1H3,(H,17,18)(H2,14,15,16). The lowest BCUT2D eigenvalue weighted by Crippen LogP contribution is -2.06. The van der Waals surface area contributed by atoms with Crippen molar-refractivity contribution in [3.63, 3.8) is 0 Å². The molecular weight excluding hydrogens is 237 g/mol. The fourth-order valence-electron chi connectivity index (χ4n) is 1.53. The lowest BCUT2D eigenvalue weighted by molar-refractivity contribution is 0.0690. The first-order chi connectivity index (χ1) is 8.47. The van der Waals surface area contributed by atoms with Gasteiger partial charge in [0, 0.05) is 5.56 Å². The van der Waals surface area contributed by atoms with E-state index in [0.29, 0.717) is 16.8 Å². The highest BCUT2D eigenvalue weighted by Gasteiger charge is 2.11. The molecule has 18 heavy (non-hydrogen) atoms. The number of nitrogens with zero attached hydrogens (tertiary/aromatic N) is 2. The third kappa shape index (κ3) is 2.27. The summed E-state index contributed by atoms with van der Waals surface area (Å²) in [5, 5.41) is 8.87. The smallest absolute Gasteiger partial charge is 0.354 e. The third-order valence-corrected chi connectivity index (χ3v) is 2.42. The number of carboxylic acid groups (broad SMARTS) is 1. The van der Waals surface area contributed by atoms with E-state index in [1.807, 2.05) is 0 Å². The van der Waals surface area contributed by atoms with E-state index in [1.54, 1.807) is 13.0 Å². The summed E-state index contributed by atoms with van der Waals surface area (Å²) in [6.07, 6.45) is 0. The van der Waals surface area contributed by atoms with E-state index >= 15 is 0 Å². The highest BCUT2D eigenvalue weighted by molar-refractivity contribution is 5.87. The maximum Gasteiger partial charge on any atom is 0.354 e. The lowest BCUT2D eigenvalue weighted by Gasteiger charge is -2.05. The van der Waals surface area contributed by atoms with Crippen LogP contribution in [0.1, 0.15) is 16.1 Å². The molecule has 0 aliphatic rings. The number of aromatic carboxylic acids is 1. The molecule has 1 aromatic carbocycles. The van der Waals surface area contributed by atoms with E-state index in [0.717, 1.165) is 0 Å². The van der Waals surface area contributed by atoms with Crippen molar-refractivity contribution >= 4 is 11.9 Å². The van der Waals surface area contributed by atoms with Gasteiger partial charge in [0.25, 0.3) is 0 Å². The predicted molar refractivity (Wildman–Crippen MR) is 63.5 cm³/mol. The number of carbonyl (C=O) groups is 1. The fourth-order valence-corrected chi connectivity index (χ4v) is 1.53. The number of anilines is 1. The molecule has 92 valence electrons. The number of benzene rings is 1. The molecule has 0 unspecified atom stereocenters. The monoisotopic (exact) mass is 247 g/mol. The summed E-state index contributed by atoms with van der Waals surface area (Å²) >= 11 is 0. The van der Waals surface area contributed by atoms with Gasteiger partial charge in [-0.25, -0.2) is 19.2 Å². The molecule has 0 radical (unpaired) electrons. The number of rotatable bonds is 2. The molecule has 0 aliphatic carbocycles. The molecule has 0 saturated carbocycles. The van der Waals surface area contributed by atoms with Crippen LogP contribution >= 0.6 is 0 Å². The maximum atomic E-state index is 13.1. The first-order valence-electron chi connectivity index (χ1n) is 5.12. The zero-order valence-electron chi connectivity index (χ0n) is 9.51. The van der Waals surface area contributed by atoms with Gasteiger partial charge in [-0.15, -0.1) is 0 Å². The summed E-state index contributed by atoms with van der Waals surface area (Å²) in [5.41, 5.74) is 6.63. The summed E-state index contributed by atoms with van der Waals surface area (Å²) in [4.78, 5) is 18.4. The Morgan fingerprint density at radius 3 is 2.67 bits per heavy atom. The van der Waals surface area contributed by atoms with Gasteiger partial charge in [-0.05, 0) is 36.8 Å². The van der Waals surface area contributed by atoms with E-state index in [2.05, 4.69) is 9.97 Å². The van der Waals surface area contributed by atoms with Crippen molar-refractivity contribution in [3.8, 4) is 11.3 Å². The molecule has 1 heterocycles. The number of hydrogen-bond donors (Lipinski definition) is 2. The van der Waals surface area contributed by atoms with Crippen molar-refractivity contribution in [2.45, 2.75) is 6.92 Å². The van der Waals surface area contributed by atoms with Crippen LogP contribution in [-0.2, 0) is 0 Å². The lowest BCUT2D eigenvalue weighted by atomic mass is 10.1. The molecule has 0 spiro atoms. The van der Waals surface area contributed by atoms with Crippen LogP contribution < -0.4 is 5.73 Å². The number of halogens is 1. The van der Waals surface area contributed by atoms with Gasteiger partial charge in [0.15, 0.2) is 5.69 Å². The molecule has 0 amide bonds. The molecule has 1 aromatic heterocycles. The molecule has 2 rings (SSSR count). The van der Waals surface area contributed by atoms with Crippen molar-refractivity contribution in [1.82, 2.24) is 9.97 Å². The minimum Gasteiger partial charge on any atom is -0.477 e. The van der Waals surface area contributed by atoms with Crippen LogP contribution in [-0.4, -0.2) is 21.0 Å². The van der Waals surface area contributed by atoms with Gasteiger partial charge in [0.2, 0.25) is 5.95 Å². The van der Waals surface area contributed by atoms with E-state index in [-0.39, 0.29) is 17.5 Å². The highest BCUT2D eigenvalue weighted by Crippen LogP contribution is 2.21. The van der Waals surface area contributed by atoms with Gasteiger partial charge in [-0.2, -0.15) is 0 Å². The molecule has 0 bridgehead atoms. The number of hydrogen-bond acceptors (Lipinski definition) is 4. The van der Waals surface area contributed by atoms with Crippen LogP contribution in [0.5, 0.6) is 0 Å². The Kier molecular flexibility index (Phi) is 2.93. The fraction of sp³-hybridized carbons (Fsp3) is 0.0833. The molecule has 3 N–H and O–H groups in total. The average Bonchev–Trinajstić information content (AvgIpc) is 2.31. The Labute approximate surface area is 102 Å². The largest absolute Gasteiger partial charge is 0.477 e. The van der Waals surface area contributed by atoms with E-state index < -0.39 is 5.97 Å². The van der Waals surface area contributed by atoms with Crippen LogP contribution in [0.25, 0.3) is 11.3 Å². The average molecular weight is 247 g/mol. The molecule has 5 nitrogen and oxygen atoms in total. The third-order valence-electron chi connectivity index (χ3n) is 2.42. The second-order valence-corrected chi connectivity index (χ2v) is 3.77. The zero-order valence-corrected chi connectivity index (χ0v) is 9.51. The maximum absolute atomic E-state index is 13.1. The molecule has 0 atom stereocenters. The van der Waals surface area contributed by atoms with Gasteiger partial charge < -0.3 is 10.8 Å². The first-order valence-corrected chi connectivity index (χ1v) is 5.12.